The summed E-state index contributed by atoms with van der Waals surface area (Å²) in [5.74, 6) is -1.95. The first kappa shape index (κ1) is 19.7. The summed E-state index contributed by atoms with van der Waals surface area (Å²) in [5, 5.41) is 21.0. The average Bonchev–Trinajstić information content (AvgIpc) is 3.00. The van der Waals surface area contributed by atoms with Crippen molar-refractivity contribution in [2.45, 2.75) is 26.5 Å². The van der Waals surface area contributed by atoms with Crippen molar-refractivity contribution in [3.8, 4) is 0 Å². The van der Waals surface area contributed by atoms with E-state index in [1.54, 1.807) is 18.2 Å². The second-order valence-electron chi connectivity index (χ2n) is 7.63. The minimum atomic E-state index is -1.72. The predicted molar refractivity (Wildman–Crippen MR) is 116 cm³/mol. The normalized spacial score (nSPS) is 12.4. The van der Waals surface area contributed by atoms with Crippen LogP contribution >= 0.6 is 0 Å². The van der Waals surface area contributed by atoms with Crippen LogP contribution in [0.25, 0.3) is 21.8 Å². The van der Waals surface area contributed by atoms with Crippen molar-refractivity contribution in [1.82, 2.24) is 4.57 Å². The number of benzene rings is 3. The monoisotopic (exact) mass is 402 g/mol. The fourth-order valence-electron chi connectivity index (χ4n) is 4.16. The minimum absolute atomic E-state index is 0.249. The molecule has 4 rings (SSSR count). The van der Waals surface area contributed by atoms with Gasteiger partial charge in [-0.15, -0.1) is 0 Å². The molecule has 4 aromatic rings. The first-order valence-corrected chi connectivity index (χ1v) is 9.59. The van der Waals surface area contributed by atoms with Gasteiger partial charge in [0.25, 0.3) is 0 Å². The molecule has 30 heavy (non-hydrogen) atoms. The van der Waals surface area contributed by atoms with Gasteiger partial charge in [0.05, 0.1) is 11.0 Å². The summed E-state index contributed by atoms with van der Waals surface area (Å²) in [6.07, 6.45) is -1.72. The molecule has 4 N–H and O–H groups in total. The molecule has 1 unspecified atom stereocenters. The Morgan fingerprint density at radius 1 is 0.967 bits per heavy atom. The van der Waals surface area contributed by atoms with Crippen LogP contribution in [-0.4, -0.2) is 26.7 Å². The van der Waals surface area contributed by atoms with E-state index in [1.807, 2.05) is 48.7 Å². The highest BCUT2D eigenvalue weighted by atomic mass is 16.4. The van der Waals surface area contributed by atoms with E-state index < -0.39 is 18.0 Å². The molecule has 1 heterocycles. The van der Waals surface area contributed by atoms with E-state index in [9.17, 15) is 19.8 Å². The Morgan fingerprint density at radius 2 is 1.70 bits per heavy atom. The second-order valence-corrected chi connectivity index (χ2v) is 7.63. The first-order chi connectivity index (χ1) is 14.3. The lowest BCUT2D eigenvalue weighted by Crippen LogP contribution is -2.13. The van der Waals surface area contributed by atoms with Gasteiger partial charge in [-0.05, 0) is 43.2 Å². The maximum Gasteiger partial charge on any atom is 0.337 e. The topological polar surface area (TPSA) is 106 Å². The van der Waals surface area contributed by atoms with Gasteiger partial charge in [-0.2, -0.15) is 0 Å². The molecule has 0 fully saturated rings. The van der Waals surface area contributed by atoms with Crippen molar-refractivity contribution in [3.05, 3.63) is 82.4 Å². The number of aliphatic hydroxyl groups excluding tert-OH is 1. The molecule has 0 saturated carbocycles. The summed E-state index contributed by atoms with van der Waals surface area (Å²) >= 11 is 0. The van der Waals surface area contributed by atoms with E-state index in [0.717, 1.165) is 27.7 Å². The van der Waals surface area contributed by atoms with Crippen molar-refractivity contribution in [2.75, 3.05) is 0 Å². The largest absolute Gasteiger partial charge is 0.479 e. The third kappa shape index (κ3) is 3.21. The van der Waals surface area contributed by atoms with Gasteiger partial charge < -0.3 is 20.5 Å². The molecule has 3 aromatic carbocycles. The Bertz CT molecular complexity index is 1320. The quantitative estimate of drug-likeness (QED) is 0.473. The van der Waals surface area contributed by atoms with Crippen LogP contribution < -0.4 is 5.73 Å². The summed E-state index contributed by atoms with van der Waals surface area (Å²) < 4.78 is 2.04. The smallest absolute Gasteiger partial charge is 0.337 e. The average molecular weight is 402 g/mol. The molecule has 0 saturated heterocycles. The summed E-state index contributed by atoms with van der Waals surface area (Å²) in [4.78, 5) is 23.8. The van der Waals surface area contributed by atoms with E-state index in [2.05, 4.69) is 6.07 Å². The number of carbonyl (C=O) groups excluding carboxylic acids is 1. The van der Waals surface area contributed by atoms with Crippen molar-refractivity contribution in [2.24, 2.45) is 5.73 Å². The van der Waals surface area contributed by atoms with Gasteiger partial charge in [0.15, 0.2) is 6.10 Å². The van der Waals surface area contributed by atoms with Crippen LogP contribution in [0, 0.1) is 13.8 Å². The molecular weight excluding hydrogens is 380 g/mol. The third-order valence-electron chi connectivity index (χ3n) is 5.38. The number of aliphatic carboxylic acids is 1. The number of carbonyl (C=O) groups is 2. The minimum Gasteiger partial charge on any atom is -0.479 e. The molecule has 0 radical (unpaired) electrons. The lowest BCUT2D eigenvalue weighted by atomic mass is 9.97. The van der Waals surface area contributed by atoms with Crippen LogP contribution in [0.5, 0.6) is 0 Å². The van der Waals surface area contributed by atoms with Crippen LogP contribution in [0.3, 0.4) is 0 Å². The number of aliphatic hydroxyl groups is 1. The molecule has 0 aliphatic carbocycles. The number of amides is 1. The van der Waals surface area contributed by atoms with E-state index >= 15 is 0 Å². The maximum absolute atomic E-state index is 12.2. The number of nitrogens with two attached hydrogens (primary N) is 1. The Balaban J connectivity index is 2.14. The van der Waals surface area contributed by atoms with Crippen molar-refractivity contribution in [1.29, 1.82) is 0 Å². The summed E-state index contributed by atoms with van der Waals surface area (Å²) in [6, 6.07) is 17.0. The highest BCUT2D eigenvalue weighted by Gasteiger charge is 2.25. The lowest BCUT2D eigenvalue weighted by molar-refractivity contribution is -0.146. The van der Waals surface area contributed by atoms with Crippen LogP contribution in [0.2, 0.25) is 0 Å². The number of rotatable bonds is 5. The van der Waals surface area contributed by atoms with Gasteiger partial charge in [-0.1, -0.05) is 42.0 Å². The Kier molecular flexibility index (Phi) is 4.79. The molecule has 1 aromatic heterocycles. The summed E-state index contributed by atoms with van der Waals surface area (Å²) in [7, 11) is 0. The lowest BCUT2D eigenvalue weighted by Gasteiger charge is -2.12. The van der Waals surface area contributed by atoms with Gasteiger partial charge in [-0.25, -0.2) is 4.79 Å². The first-order valence-electron chi connectivity index (χ1n) is 9.59. The number of hydrogen-bond acceptors (Lipinski definition) is 3. The standard InChI is InChI=1S/C24H22N2O4/c1-13-5-3-6-15(9-13)12-26-18-8-4-7-16(23(25)28)20(18)21-17(22(27)24(29)30)10-14(2)11-19(21)26/h3-11,22,27H,12H2,1-2H3,(H2,25,28)(H,29,30). The number of carboxylic acids is 1. The molecule has 1 amide bonds. The van der Waals surface area contributed by atoms with Gasteiger partial charge in [0, 0.05) is 28.4 Å². The second kappa shape index (κ2) is 7.31. The summed E-state index contributed by atoms with van der Waals surface area (Å²) in [6.45, 7) is 4.39. The number of aryl methyl sites for hydroxylation is 2. The van der Waals surface area contributed by atoms with E-state index in [0.29, 0.717) is 22.9 Å². The third-order valence-corrected chi connectivity index (χ3v) is 5.38. The molecule has 6 heteroatoms. The number of primary amides is 1. The zero-order chi connectivity index (χ0) is 21.6. The number of hydrogen-bond donors (Lipinski definition) is 3. The van der Waals surface area contributed by atoms with Gasteiger partial charge >= 0.3 is 5.97 Å². The van der Waals surface area contributed by atoms with Crippen molar-refractivity contribution >= 4 is 33.7 Å². The van der Waals surface area contributed by atoms with Crippen LogP contribution in [-0.2, 0) is 11.3 Å². The Hall–Kier alpha value is -3.64. The van der Waals surface area contributed by atoms with Gasteiger partial charge in [-0.3, -0.25) is 4.79 Å². The molecule has 1 atom stereocenters. The van der Waals surface area contributed by atoms with Gasteiger partial charge in [0.1, 0.15) is 0 Å². The molecular formula is C24H22N2O4. The van der Waals surface area contributed by atoms with Crippen LogP contribution in [0.15, 0.2) is 54.6 Å². The molecule has 0 spiro atoms. The zero-order valence-electron chi connectivity index (χ0n) is 16.7. The number of aromatic nitrogens is 1. The van der Waals surface area contributed by atoms with Gasteiger partial charge in [0.2, 0.25) is 5.91 Å². The Labute approximate surface area is 173 Å². The number of carboxylic acid groups (broad SMARTS) is 1. The molecule has 0 bridgehead atoms. The van der Waals surface area contributed by atoms with Crippen molar-refractivity contribution in [3.63, 3.8) is 0 Å². The highest BCUT2D eigenvalue weighted by Crippen LogP contribution is 2.37. The van der Waals surface area contributed by atoms with E-state index in [1.165, 1.54) is 0 Å². The number of fused-ring (bicyclic) bond motifs is 3. The predicted octanol–water partition coefficient (Wildman–Crippen LogP) is 3.68. The Morgan fingerprint density at radius 3 is 2.37 bits per heavy atom. The maximum atomic E-state index is 12.2. The fraction of sp³-hybridized carbons (Fsp3) is 0.167. The highest BCUT2D eigenvalue weighted by molar-refractivity contribution is 6.19. The SMILES string of the molecule is Cc1cccc(Cn2c3cccc(C(N)=O)c3c3c(C(O)C(=O)O)cc(C)cc32)c1. The van der Waals surface area contributed by atoms with Crippen molar-refractivity contribution < 1.29 is 19.8 Å². The zero-order valence-corrected chi connectivity index (χ0v) is 16.7. The molecule has 0 aliphatic rings. The molecule has 152 valence electrons. The summed E-state index contributed by atoms with van der Waals surface area (Å²) in [5.41, 5.74) is 10.7. The fourth-order valence-corrected chi connectivity index (χ4v) is 4.16. The van der Waals surface area contributed by atoms with Crippen LogP contribution in [0.1, 0.15) is 38.7 Å². The number of nitrogens with zero attached hydrogens (tertiary/aromatic N) is 1. The molecule has 0 aliphatic heterocycles. The van der Waals surface area contributed by atoms with E-state index in [-0.39, 0.29) is 5.56 Å². The molecule has 6 nitrogen and oxygen atoms in total. The van der Waals surface area contributed by atoms with E-state index in [4.69, 9.17) is 5.73 Å². The van der Waals surface area contributed by atoms with Crippen LogP contribution in [0.4, 0.5) is 0 Å².